The van der Waals surface area contributed by atoms with E-state index in [0.29, 0.717) is 18.0 Å². The second-order valence-corrected chi connectivity index (χ2v) is 7.43. The Morgan fingerprint density at radius 2 is 1.96 bits per heavy atom. The van der Waals surface area contributed by atoms with E-state index in [4.69, 9.17) is 9.47 Å². The van der Waals surface area contributed by atoms with Crippen molar-refractivity contribution in [1.29, 1.82) is 5.26 Å². The van der Waals surface area contributed by atoms with Crippen LogP contribution in [-0.2, 0) is 4.79 Å². The standard InChI is InChI=1S/C19H16I2N2O3/c1-3-26-15-6-4-5-14(10-15)23-19(24)13(11-22)7-12-8-16(20)18(25-2)17(21)9-12/h4-10H,3H2,1-2H3,(H,23,24)/b13-7-. The van der Waals surface area contributed by atoms with E-state index < -0.39 is 5.91 Å². The van der Waals surface area contributed by atoms with Crippen molar-refractivity contribution in [2.45, 2.75) is 6.92 Å². The highest BCUT2D eigenvalue weighted by molar-refractivity contribution is 14.1. The van der Waals surface area contributed by atoms with E-state index in [9.17, 15) is 10.1 Å². The van der Waals surface area contributed by atoms with E-state index in [-0.39, 0.29) is 5.57 Å². The molecule has 0 bridgehead atoms. The highest BCUT2D eigenvalue weighted by Crippen LogP contribution is 2.29. The number of amides is 1. The van der Waals surface area contributed by atoms with Gasteiger partial charge < -0.3 is 14.8 Å². The predicted molar refractivity (Wildman–Crippen MR) is 118 cm³/mol. The van der Waals surface area contributed by atoms with Crippen molar-refractivity contribution >= 4 is 62.9 Å². The van der Waals surface area contributed by atoms with Gasteiger partial charge in [0.15, 0.2) is 0 Å². The quantitative estimate of drug-likeness (QED) is 0.305. The molecule has 1 N–H and O–H groups in total. The minimum atomic E-state index is -0.470. The molecular formula is C19H16I2N2O3. The maximum Gasteiger partial charge on any atom is 0.266 e. The van der Waals surface area contributed by atoms with Crippen LogP contribution in [0.25, 0.3) is 6.08 Å². The van der Waals surface area contributed by atoms with Gasteiger partial charge in [0.1, 0.15) is 23.1 Å². The largest absolute Gasteiger partial charge is 0.495 e. The molecule has 0 saturated carbocycles. The van der Waals surface area contributed by atoms with Crippen molar-refractivity contribution < 1.29 is 14.3 Å². The summed E-state index contributed by atoms with van der Waals surface area (Å²) in [6.45, 7) is 2.43. The number of nitrogens with one attached hydrogen (secondary N) is 1. The number of benzene rings is 2. The predicted octanol–water partition coefficient (Wildman–Crippen LogP) is 4.85. The average molecular weight is 574 g/mol. The topological polar surface area (TPSA) is 71.3 Å². The molecule has 0 radical (unpaired) electrons. The first-order chi connectivity index (χ1) is 12.5. The average Bonchev–Trinajstić information content (AvgIpc) is 2.60. The van der Waals surface area contributed by atoms with E-state index in [1.54, 1.807) is 37.5 Å². The molecule has 0 fully saturated rings. The second kappa shape index (κ2) is 9.78. The Labute approximate surface area is 179 Å². The van der Waals surface area contributed by atoms with Gasteiger partial charge in [-0.2, -0.15) is 5.26 Å². The molecule has 5 nitrogen and oxygen atoms in total. The molecule has 0 saturated heterocycles. The molecule has 0 aliphatic carbocycles. The van der Waals surface area contributed by atoms with Crippen molar-refractivity contribution in [2.24, 2.45) is 0 Å². The first-order valence-corrected chi connectivity index (χ1v) is 9.83. The molecule has 26 heavy (non-hydrogen) atoms. The summed E-state index contributed by atoms with van der Waals surface area (Å²) in [5.41, 5.74) is 1.35. The zero-order valence-corrected chi connectivity index (χ0v) is 18.5. The maximum atomic E-state index is 12.4. The Hall–Kier alpha value is -1.80. The highest BCUT2D eigenvalue weighted by atomic mass is 127. The number of hydrogen-bond acceptors (Lipinski definition) is 4. The molecular weight excluding hydrogens is 558 g/mol. The van der Waals surface area contributed by atoms with E-state index in [1.165, 1.54) is 0 Å². The summed E-state index contributed by atoms with van der Waals surface area (Å²) in [6, 6.07) is 12.7. The third kappa shape index (κ3) is 5.35. The number of nitrogens with zero attached hydrogens (tertiary/aromatic N) is 1. The number of ether oxygens (including phenoxy) is 2. The van der Waals surface area contributed by atoms with Crippen LogP contribution in [0.2, 0.25) is 0 Å². The minimum absolute atomic E-state index is 0.0172. The number of carbonyl (C=O) groups excluding carboxylic acids is 1. The smallest absolute Gasteiger partial charge is 0.266 e. The van der Waals surface area contributed by atoms with E-state index >= 15 is 0 Å². The molecule has 1 amide bonds. The minimum Gasteiger partial charge on any atom is -0.495 e. The first-order valence-electron chi connectivity index (χ1n) is 7.67. The summed E-state index contributed by atoms with van der Waals surface area (Å²) in [5.74, 6) is 0.966. The van der Waals surface area contributed by atoms with Gasteiger partial charge in [-0.05, 0) is 88.0 Å². The summed E-state index contributed by atoms with van der Waals surface area (Å²) in [7, 11) is 1.61. The van der Waals surface area contributed by atoms with Crippen LogP contribution in [0.5, 0.6) is 11.5 Å². The third-order valence-electron chi connectivity index (χ3n) is 3.30. The third-order valence-corrected chi connectivity index (χ3v) is 4.91. The summed E-state index contributed by atoms with van der Waals surface area (Å²) in [4.78, 5) is 12.4. The molecule has 0 aliphatic heterocycles. The number of nitriles is 1. The fourth-order valence-electron chi connectivity index (χ4n) is 2.20. The molecule has 0 unspecified atom stereocenters. The number of hydrogen-bond donors (Lipinski definition) is 1. The lowest BCUT2D eigenvalue weighted by Crippen LogP contribution is -2.13. The monoisotopic (exact) mass is 574 g/mol. The molecule has 0 heterocycles. The molecule has 2 rings (SSSR count). The van der Waals surface area contributed by atoms with Crippen LogP contribution in [0, 0.1) is 18.5 Å². The molecule has 2 aromatic rings. The van der Waals surface area contributed by atoms with Crippen molar-refractivity contribution in [3.63, 3.8) is 0 Å². The maximum absolute atomic E-state index is 12.4. The fraction of sp³-hybridized carbons (Fsp3) is 0.158. The van der Waals surface area contributed by atoms with Gasteiger partial charge in [-0.1, -0.05) is 6.07 Å². The zero-order valence-electron chi connectivity index (χ0n) is 14.2. The summed E-state index contributed by atoms with van der Waals surface area (Å²) < 4.78 is 12.6. The second-order valence-electron chi connectivity index (χ2n) is 5.10. The lowest BCUT2D eigenvalue weighted by molar-refractivity contribution is -0.112. The van der Waals surface area contributed by atoms with Crippen LogP contribution < -0.4 is 14.8 Å². The summed E-state index contributed by atoms with van der Waals surface area (Å²) in [6.07, 6.45) is 1.56. The van der Waals surface area contributed by atoms with Gasteiger partial charge in [-0.15, -0.1) is 0 Å². The van der Waals surface area contributed by atoms with Gasteiger partial charge in [0.25, 0.3) is 5.91 Å². The molecule has 2 aromatic carbocycles. The van der Waals surface area contributed by atoms with E-state index in [0.717, 1.165) is 18.5 Å². The Morgan fingerprint density at radius 3 is 2.54 bits per heavy atom. The van der Waals surface area contributed by atoms with E-state index in [2.05, 4.69) is 50.5 Å². The van der Waals surface area contributed by atoms with Crippen LogP contribution in [0.4, 0.5) is 5.69 Å². The van der Waals surface area contributed by atoms with Crippen LogP contribution in [0.15, 0.2) is 42.0 Å². The van der Waals surface area contributed by atoms with Crippen molar-refractivity contribution in [2.75, 3.05) is 19.0 Å². The van der Waals surface area contributed by atoms with Gasteiger partial charge in [-0.25, -0.2) is 0 Å². The normalized spacial score (nSPS) is 10.8. The van der Waals surface area contributed by atoms with Gasteiger partial charge >= 0.3 is 0 Å². The van der Waals surface area contributed by atoms with Crippen LogP contribution in [-0.4, -0.2) is 19.6 Å². The number of halogens is 2. The summed E-state index contributed by atoms with van der Waals surface area (Å²) in [5, 5.41) is 12.1. The zero-order chi connectivity index (χ0) is 19.1. The lowest BCUT2D eigenvalue weighted by atomic mass is 10.1. The molecule has 134 valence electrons. The molecule has 7 heteroatoms. The van der Waals surface area contributed by atoms with Crippen LogP contribution >= 0.6 is 45.2 Å². The van der Waals surface area contributed by atoms with Crippen LogP contribution in [0.3, 0.4) is 0 Å². The molecule has 0 atom stereocenters. The Balaban J connectivity index is 2.25. The Morgan fingerprint density at radius 1 is 1.27 bits per heavy atom. The number of carbonyl (C=O) groups is 1. The molecule has 0 spiro atoms. The van der Waals surface area contributed by atoms with Gasteiger partial charge in [-0.3, -0.25) is 4.79 Å². The van der Waals surface area contributed by atoms with E-state index in [1.807, 2.05) is 25.1 Å². The van der Waals surface area contributed by atoms with Crippen molar-refractivity contribution in [3.8, 4) is 17.6 Å². The van der Waals surface area contributed by atoms with Crippen molar-refractivity contribution in [1.82, 2.24) is 0 Å². The summed E-state index contributed by atoms with van der Waals surface area (Å²) >= 11 is 4.32. The van der Waals surface area contributed by atoms with Crippen LogP contribution in [0.1, 0.15) is 12.5 Å². The Bertz CT molecular complexity index is 866. The molecule has 0 aliphatic rings. The van der Waals surface area contributed by atoms with Gasteiger partial charge in [0.05, 0.1) is 20.9 Å². The highest BCUT2D eigenvalue weighted by Gasteiger charge is 2.12. The number of anilines is 1. The number of methoxy groups -OCH3 is 1. The first kappa shape index (κ1) is 20.5. The Kier molecular flexibility index (Phi) is 7.71. The van der Waals surface area contributed by atoms with Crippen molar-refractivity contribution in [3.05, 3.63) is 54.7 Å². The molecule has 0 aromatic heterocycles. The van der Waals surface area contributed by atoms with Gasteiger partial charge in [0, 0.05) is 11.8 Å². The lowest BCUT2D eigenvalue weighted by Gasteiger charge is -2.09. The SMILES string of the molecule is CCOc1cccc(NC(=O)/C(C#N)=C\c2cc(I)c(OC)c(I)c2)c1. The fourth-order valence-corrected chi connectivity index (χ4v) is 4.46. The number of rotatable bonds is 6. The van der Waals surface area contributed by atoms with Gasteiger partial charge in [0.2, 0.25) is 0 Å².